The Balaban J connectivity index is 1.79. The van der Waals surface area contributed by atoms with Gasteiger partial charge in [0.1, 0.15) is 23.1 Å². The summed E-state index contributed by atoms with van der Waals surface area (Å²) in [5, 5.41) is 11.3. The van der Waals surface area contributed by atoms with E-state index in [1.54, 1.807) is 31.2 Å². The molecule has 1 aromatic carbocycles. The molecule has 1 atom stereocenters. The first-order valence-electron chi connectivity index (χ1n) is 9.35. The van der Waals surface area contributed by atoms with E-state index in [4.69, 9.17) is 8.83 Å². The lowest BCUT2D eigenvalue weighted by molar-refractivity contribution is -0.129. The summed E-state index contributed by atoms with van der Waals surface area (Å²) in [7, 11) is 0. The van der Waals surface area contributed by atoms with Crippen molar-refractivity contribution in [3.63, 3.8) is 0 Å². The first-order chi connectivity index (χ1) is 13.5. The quantitative estimate of drug-likeness (QED) is 0.627. The second-order valence-electron chi connectivity index (χ2n) is 6.94. The molecule has 0 fully saturated rings. The molecule has 144 valence electrons. The van der Waals surface area contributed by atoms with Gasteiger partial charge in [0.05, 0.1) is 5.57 Å². The predicted molar refractivity (Wildman–Crippen MR) is 103 cm³/mol. The molecule has 0 aliphatic carbocycles. The lowest BCUT2D eigenvalue weighted by atomic mass is 9.99. The molecule has 1 N–H and O–H groups in total. The molecular weight excluding hydrogens is 358 g/mol. The van der Waals surface area contributed by atoms with Crippen molar-refractivity contribution in [3.8, 4) is 0 Å². The number of para-hydroxylation sites is 1. The number of hydrogen-bond donors (Lipinski definition) is 1. The molecule has 28 heavy (non-hydrogen) atoms. The molecule has 1 amide bonds. The zero-order valence-electron chi connectivity index (χ0n) is 15.8. The van der Waals surface area contributed by atoms with Crippen LogP contribution in [-0.2, 0) is 4.79 Å². The van der Waals surface area contributed by atoms with E-state index in [0.29, 0.717) is 23.6 Å². The Labute approximate surface area is 162 Å². The molecule has 3 heterocycles. The average molecular weight is 379 g/mol. The summed E-state index contributed by atoms with van der Waals surface area (Å²) < 4.78 is 11.4. The van der Waals surface area contributed by atoms with Gasteiger partial charge in [-0.25, -0.2) is 0 Å². The van der Waals surface area contributed by atoms with Crippen molar-refractivity contribution < 1.29 is 23.5 Å². The molecule has 6 heteroatoms. The number of carbonyl (C=O) groups excluding carboxylic acids is 2. The fourth-order valence-corrected chi connectivity index (χ4v) is 3.57. The summed E-state index contributed by atoms with van der Waals surface area (Å²) in [6, 6.07) is 11.6. The van der Waals surface area contributed by atoms with E-state index in [9.17, 15) is 14.7 Å². The fraction of sp³-hybridized carbons (Fsp3) is 0.273. The van der Waals surface area contributed by atoms with Crippen LogP contribution >= 0.6 is 0 Å². The Morgan fingerprint density at radius 3 is 2.64 bits per heavy atom. The minimum Gasteiger partial charge on any atom is -0.503 e. The van der Waals surface area contributed by atoms with E-state index in [2.05, 4.69) is 0 Å². The molecule has 1 unspecified atom stereocenters. The van der Waals surface area contributed by atoms with Crippen LogP contribution in [0.3, 0.4) is 0 Å². The van der Waals surface area contributed by atoms with Gasteiger partial charge in [0, 0.05) is 11.9 Å². The molecule has 1 aliphatic heterocycles. The van der Waals surface area contributed by atoms with E-state index >= 15 is 0 Å². The molecular formula is C22H21NO5. The van der Waals surface area contributed by atoms with Crippen molar-refractivity contribution in [1.82, 2.24) is 4.90 Å². The highest BCUT2D eigenvalue weighted by molar-refractivity contribution is 6.15. The molecule has 0 spiro atoms. The maximum atomic E-state index is 13.3. The van der Waals surface area contributed by atoms with Crippen LogP contribution in [0.15, 0.2) is 62.6 Å². The van der Waals surface area contributed by atoms with Crippen molar-refractivity contribution in [2.24, 2.45) is 0 Å². The van der Waals surface area contributed by atoms with Crippen LogP contribution in [0.4, 0.5) is 0 Å². The van der Waals surface area contributed by atoms with Gasteiger partial charge in [-0.3, -0.25) is 9.59 Å². The van der Waals surface area contributed by atoms with E-state index in [-0.39, 0.29) is 11.3 Å². The highest BCUT2D eigenvalue weighted by Crippen LogP contribution is 2.40. The van der Waals surface area contributed by atoms with Crippen LogP contribution in [0.2, 0.25) is 0 Å². The zero-order chi connectivity index (χ0) is 19.8. The molecule has 3 aromatic rings. The van der Waals surface area contributed by atoms with Gasteiger partial charge in [0.15, 0.2) is 11.5 Å². The van der Waals surface area contributed by atoms with Crippen LogP contribution in [0.1, 0.15) is 47.9 Å². The molecule has 2 aromatic heterocycles. The van der Waals surface area contributed by atoms with Crippen LogP contribution in [-0.4, -0.2) is 28.2 Å². The second-order valence-corrected chi connectivity index (χ2v) is 6.94. The normalized spacial score (nSPS) is 17.1. The average Bonchev–Trinajstić information content (AvgIpc) is 3.37. The predicted octanol–water partition coefficient (Wildman–Crippen LogP) is 4.71. The lowest BCUT2D eigenvalue weighted by Crippen LogP contribution is -2.31. The van der Waals surface area contributed by atoms with Crippen molar-refractivity contribution in [2.45, 2.75) is 32.7 Å². The molecule has 0 bridgehead atoms. The first-order valence-corrected chi connectivity index (χ1v) is 9.35. The van der Waals surface area contributed by atoms with Crippen LogP contribution in [0.5, 0.6) is 0 Å². The topological polar surface area (TPSA) is 83.9 Å². The molecule has 0 radical (unpaired) electrons. The van der Waals surface area contributed by atoms with Gasteiger partial charge in [-0.2, -0.15) is 0 Å². The summed E-state index contributed by atoms with van der Waals surface area (Å²) in [5.74, 6) is -0.417. The third kappa shape index (κ3) is 2.91. The number of unbranched alkanes of at least 4 members (excludes halogenated alkanes) is 1. The van der Waals surface area contributed by atoms with Crippen molar-refractivity contribution in [3.05, 3.63) is 71.1 Å². The van der Waals surface area contributed by atoms with Gasteiger partial charge in [-0.05, 0) is 37.6 Å². The first kappa shape index (κ1) is 18.1. The number of rotatable bonds is 6. The monoisotopic (exact) mass is 379 g/mol. The fourth-order valence-electron chi connectivity index (χ4n) is 3.57. The largest absolute Gasteiger partial charge is 0.503 e. The Hall–Kier alpha value is -3.28. The van der Waals surface area contributed by atoms with Crippen molar-refractivity contribution >= 4 is 22.7 Å². The number of carbonyl (C=O) groups is 2. The number of furan rings is 2. The van der Waals surface area contributed by atoms with Crippen LogP contribution < -0.4 is 0 Å². The van der Waals surface area contributed by atoms with Gasteiger partial charge in [0.2, 0.25) is 5.78 Å². The lowest BCUT2D eigenvalue weighted by Gasteiger charge is -2.24. The molecule has 0 saturated carbocycles. The third-order valence-corrected chi connectivity index (χ3v) is 4.98. The highest BCUT2D eigenvalue weighted by atomic mass is 16.4. The van der Waals surface area contributed by atoms with Crippen LogP contribution in [0.25, 0.3) is 11.0 Å². The smallest absolute Gasteiger partial charge is 0.290 e. The summed E-state index contributed by atoms with van der Waals surface area (Å²) in [5.41, 5.74) is 0.568. The summed E-state index contributed by atoms with van der Waals surface area (Å²) in [4.78, 5) is 27.5. The number of hydrogen-bond acceptors (Lipinski definition) is 5. The van der Waals surface area contributed by atoms with Gasteiger partial charge >= 0.3 is 0 Å². The molecule has 6 nitrogen and oxygen atoms in total. The van der Waals surface area contributed by atoms with Gasteiger partial charge < -0.3 is 18.8 Å². The number of amides is 1. The minimum atomic E-state index is -0.770. The Bertz CT molecular complexity index is 1050. The third-order valence-electron chi connectivity index (χ3n) is 4.98. The SMILES string of the molecule is CCCCN1C(=O)C(O)=C(C(=O)c2cc3ccccc3o2)C1c1ccc(C)o1. The van der Waals surface area contributed by atoms with Gasteiger partial charge in [-0.1, -0.05) is 31.5 Å². The van der Waals surface area contributed by atoms with Gasteiger partial charge in [0.25, 0.3) is 5.91 Å². The second kappa shape index (κ2) is 7.03. The molecule has 0 saturated heterocycles. The van der Waals surface area contributed by atoms with E-state index in [1.165, 1.54) is 4.90 Å². The maximum absolute atomic E-state index is 13.3. The summed E-state index contributed by atoms with van der Waals surface area (Å²) >= 11 is 0. The highest BCUT2D eigenvalue weighted by Gasteiger charge is 2.45. The Morgan fingerprint density at radius 1 is 1.18 bits per heavy atom. The maximum Gasteiger partial charge on any atom is 0.290 e. The number of ketones is 1. The Morgan fingerprint density at radius 2 is 1.96 bits per heavy atom. The van der Waals surface area contributed by atoms with Gasteiger partial charge in [-0.15, -0.1) is 0 Å². The minimum absolute atomic E-state index is 0.00508. The standard InChI is InChI=1S/C22H21NO5/c1-3-4-11-23-19(16-10-9-13(2)27-16)18(21(25)22(23)26)20(24)17-12-14-7-5-6-8-15(14)28-17/h5-10,12,19,25H,3-4,11H2,1-2H3. The molecule has 1 aliphatic rings. The number of aliphatic hydroxyl groups is 1. The number of aliphatic hydroxyl groups excluding tert-OH is 1. The number of Topliss-reactive ketones (excluding diaryl/α,β-unsaturated/α-hetero) is 1. The van der Waals surface area contributed by atoms with E-state index in [1.807, 2.05) is 25.1 Å². The number of benzene rings is 1. The molecule has 4 rings (SSSR count). The number of aryl methyl sites for hydroxylation is 1. The van der Waals surface area contributed by atoms with Crippen molar-refractivity contribution in [1.29, 1.82) is 0 Å². The zero-order valence-corrected chi connectivity index (χ0v) is 15.8. The number of fused-ring (bicyclic) bond motifs is 1. The van der Waals surface area contributed by atoms with E-state index < -0.39 is 23.5 Å². The number of nitrogens with zero attached hydrogens (tertiary/aromatic N) is 1. The summed E-state index contributed by atoms with van der Waals surface area (Å²) in [6.07, 6.45) is 1.63. The summed E-state index contributed by atoms with van der Waals surface area (Å²) in [6.45, 7) is 4.22. The van der Waals surface area contributed by atoms with E-state index in [0.717, 1.165) is 18.2 Å². The Kier molecular flexibility index (Phi) is 4.55. The van der Waals surface area contributed by atoms with Crippen LogP contribution in [0, 0.1) is 6.92 Å². The van der Waals surface area contributed by atoms with Crippen molar-refractivity contribution in [2.75, 3.05) is 6.54 Å².